The van der Waals surface area contributed by atoms with E-state index in [4.69, 9.17) is 18.9 Å². The quantitative estimate of drug-likeness (QED) is 0.125. The highest BCUT2D eigenvalue weighted by atomic mass is 16.7. The molecule has 0 spiro atoms. The van der Waals surface area contributed by atoms with E-state index in [-0.39, 0.29) is 13.6 Å². The van der Waals surface area contributed by atoms with Crippen molar-refractivity contribution in [3.8, 4) is 22.6 Å². The Bertz CT molecular complexity index is 1400. The third-order valence-electron chi connectivity index (χ3n) is 6.71. The van der Waals surface area contributed by atoms with E-state index in [9.17, 15) is 9.59 Å². The van der Waals surface area contributed by atoms with Crippen molar-refractivity contribution in [2.45, 2.75) is 5.41 Å². The van der Waals surface area contributed by atoms with Crippen molar-refractivity contribution in [1.29, 1.82) is 0 Å². The highest BCUT2D eigenvalue weighted by Crippen LogP contribution is 2.56. The van der Waals surface area contributed by atoms with Gasteiger partial charge in [0.15, 0.2) is 0 Å². The minimum atomic E-state index is -0.602. The maximum atomic E-state index is 11.3. The zero-order chi connectivity index (χ0) is 27.2. The highest BCUT2D eigenvalue weighted by Gasteiger charge is 2.45. The number of rotatable bonds is 10. The molecule has 1 aliphatic carbocycles. The van der Waals surface area contributed by atoms with Gasteiger partial charge in [0.2, 0.25) is 13.6 Å². The van der Waals surface area contributed by atoms with E-state index in [0.29, 0.717) is 11.5 Å². The van der Waals surface area contributed by atoms with Crippen molar-refractivity contribution in [3.63, 3.8) is 0 Å². The number of hydrogen-bond acceptors (Lipinski definition) is 6. The molecule has 1 aliphatic rings. The van der Waals surface area contributed by atoms with Crippen molar-refractivity contribution >= 4 is 11.9 Å². The van der Waals surface area contributed by atoms with E-state index in [1.807, 2.05) is 48.5 Å². The number of carbonyl (C=O) groups is 2. The predicted octanol–water partition coefficient (Wildman–Crippen LogP) is 6.18. The van der Waals surface area contributed by atoms with Gasteiger partial charge in [0.25, 0.3) is 0 Å². The van der Waals surface area contributed by atoms with E-state index < -0.39 is 17.4 Å². The van der Waals surface area contributed by atoms with E-state index in [0.717, 1.165) is 34.4 Å². The predicted molar refractivity (Wildman–Crippen MR) is 147 cm³/mol. The average Bonchev–Trinajstić information content (AvgIpc) is 3.29. The van der Waals surface area contributed by atoms with Gasteiger partial charge in [0, 0.05) is 12.2 Å². The van der Waals surface area contributed by atoms with Crippen LogP contribution in [0.15, 0.2) is 122 Å². The maximum Gasteiger partial charge on any atom is 0.333 e. The van der Waals surface area contributed by atoms with Crippen molar-refractivity contribution < 1.29 is 28.5 Å². The first kappa shape index (κ1) is 25.5. The van der Waals surface area contributed by atoms with Crippen LogP contribution in [0.25, 0.3) is 11.1 Å². The van der Waals surface area contributed by atoms with Gasteiger partial charge in [0.1, 0.15) is 11.5 Å². The standard InChI is InChI=1S/C33H26O6/c1-3-31(34)38-21-36-25-17-13-23(14-18-25)33(24-15-19-26(20-16-24)37-22-39-32(35)4-2)29-11-7-5-9-27(29)28-10-6-8-12-30(28)33/h3-20H,1-2,21-22H2. The van der Waals surface area contributed by atoms with Gasteiger partial charge in [-0.3, -0.25) is 0 Å². The molecular formula is C33H26O6. The van der Waals surface area contributed by atoms with Crippen molar-refractivity contribution in [1.82, 2.24) is 0 Å². The molecule has 0 aromatic heterocycles. The zero-order valence-corrected chi connectivity index (χ0v) is 21.2. The molecule has 6 heteroatoms. The summed E-state index contributed by atoms with van der Waals surface area (Å²) < 4.78 is 21.1. The summed E-state index contributed by atoms with van der Waals surface area (Å²) in [6.45, 7) is 6.36. The third kappa shape index (κ3) is 4.80. The molecule has 0 amide bonds. The van der Waals surface area contributed by atoms with E-state index in [2.05, 4.69) is 61.7 Å². The van der Waals surface area contributed by atoms with Crippen molar-refractivity contribution in [2.24, 2.45) is 0 Å². The molecule has 5 rings (SSSR count). The SMILES string of the molecule is C=CC(=O)OCOc1ccc(C2(c3ccc(OCOC(=O)C=C)cc3)c3ccccc3-c3ccccc32)cc1. The number of benzene rings is 4. The summed E-state index contributed by atoms with van der Waals surface area (Å²) in [6.07, 6.45) is 2.19. The summed E-state index contributed by atoms with van der Waals surface area (Å²) in [7, 11) is 0. The van der Waals surface area contributed by atoms with Gasteiger partial charge in [-0.2, -0.15) is 0 Å². The fraction of sp³-hybridized carbons (Fsp3) is 0.0909. The Labute approximate surface area is 226 Å². The Morgan fingerprint density at radius 3 is 1.36 bits per heavy atom. The second-order valence-electron chi connectivity index (χ2n) is 8.75. The monoisotopic (exact) mass is 518 g/mol. The average molecular weight is 519 g/mol. The van der Waals surface area contributed by atoms with Gasteiger partial charge in [-0.1, -0.05) is 86.0 Å². The first-order valence-electron chi connectivity index (χ1n) is 12.3. The van der Waals surface area contributed by atoms with Crippen molar-refractivity contribution in [3.05, 3.63) is 145 Å². The van der Waals surface area contributed by atoms with Crippen LogP contribution in [0.5, 0.6) is 11.5 Å². The Balaban J connectivity index is 1.55. The second kappa shape index (κ2) is 11.1. The normalized spacial score (nSPS) is 12.4. The molecule has 0 saturated carbocycles. The molecule has 0 fully saturated rings. The lowest BCUT2D eigenvalue weighted by molar-refractivity contribution is -0.145. The molecule has 0 saturated heterocycles. The topological polar surface area (TPSA) is 71.1 Å². The number of fused-ring (bicyclic) bond motifs is 3. The fourth-order valence-corrected chi connectivity index (χ4v) is 5.06. The third-order valence-corrected chi connectivity index (χ3v) is 6.71. The number of esters is 2. The molecule has 0 radical (unpaired) electrons. The van der Waals surface area contributed by atoms with E-state index in [1.165, 1.54) is 11.1 Å². The Morgan fingerprint density at radius 2 is 0.974 bits per heavy atom. The van der Waals surface area contributed by atoms with Crippen LogP contribution in [0.2, 0.25) is 0 Å². The summed E-state index contributed by atoms with van der Waals surface area (Å²) in [5, 5.41) is 0. The molecule has 6 nitrogen and oxygen atoms in total. The first-order valence-corrected chi connectivity index (χ1v) is 12.3. The van der Waals surface area contributed by atoms with Crippen LogP contribution in [-0.2, 0) is 24.5 Å². The molecule has 0 unspecified atom stereocenters. The molecule has 4 aromatic carbocycles. The van der Waals surface area contributed by atoms with Gasteiger partial charge in [-0.15, -0.1) is 0 Å². The Kier molecular flexibility index (Phi) is 7.28. The van der Waals surface area contributed by atoms with Gasteiger partial charge < -0.3 is 18.9 Å². The first-order chi connectivity index (χ1) is 19.1. The lowest BCUT2D eigenvalue weighted by atomic mass is 9.68. The highest BCUT2D eigenvalue weighted by molar-refractivity contribution is 5.86. The van der Waals surface area contributed by atoms with E-state index in [1.54, 1.807) is 0 Å². The second-order valence-corrected chi connectivity index (χ2v) is 8.75. The number of ether oxygens (including phenoxy) is 4. The lowest BCUT2D eigenvalue weighted by Crippen LogP contribution is -2.28. The molecule has 0 atom stereocenters. The molecule has 0 bridgehead atoms. The molecule has 39 heavy (non-hydrogen) atoms. The van der Waals surface area contributed by atoms with Gasteiger partial charge in [-0.05, 0) is 57.6 Å². The molecule has 4 aromatic rings. The minimum absolute atomic E-state index is 0.204. The summed E-state index contributed by atoms with van der Waals surface area (Å²) in [5.41, 5.74) is 6.15. The van der Waals surface area contributed by atoms with E-state index >= 15 is 0 Å². The van der Waals surface area contributed by atoms with Gasteiger partial charge in [0.05, 0.1) is 5.41 Å². The Morgan fingerprint density at radius 1 is 0.590 bits per heavy atom. The molecule has 0 N–H and O–H groups in total. The number of hydrogen-bond donors (Lipinski definition) is 0. The minimum Gasteiger partial charge on any atom is -0.457 e. The maximum absolute atomic E-state index is 11.3. The molecule has 0 aliphatic heterocycles. The van der Waals surface area contributed by atoms with Crippen LogP contribution in [0, 0.1) is 0 Å². The largest absolute Gasteiger partial charge is 0.457 e. The van der Waals surface area contributed by atoms with Gasteiger partial charge >= 0.3 is 11.9 Å². The number of carbonyl (C=O) groups excluding carboxylic acids is 2. The van der Waals surface area contributed by atoms with Crippen LogP contribution < -0.4 is 9.47 Å². The summed E-state index contributed by atoms with van der Waals surface area (Å²) in [6, 6.07) is 32.4. The van der Waals surface area contributed by atoms with Crippen LogP contribution in [-0.4, -0.2) is 25.5 Å². The fourth-order valence-electron chi connectivity index (χ4n) is 5.06. The lowest BCUT2D eigenvalue weighted by Gasteiger charge is -2.34. The van der Waals surface area contributed by atoms with Crippen LogP contribution in [0.3, 0.4) is 0 Å². The summed E-state index contributed by atoms with van der Waals surface area (Å²) >= 11 is 0. The van der Waals surface area contributed by atoms with Crippen molar-refractivity contribution in [2.75, 3.05) is 13.6 Å². The van der Waals surface area contributed by atoms with Gasteiger partial charge in [-0.25, -0.2) is 9.59 Å². The van der Waals surface area contributed by atoms with Crippen LogP contribution in [0.4, 0.5) is 0 Å². The summed E-state index contributed by atoms with van der Waals surface area (Å²) in [5.74, 6) is 0.0540. The molecule has 194 valence electrons. The molecular weight excluding hydrogens is 492 g/mol. The smallest absolute Gasteiger partial charge is 0.333 e. The molecule has 0 heterocycles. The Hall–Kier alpha value is -5.10. The van der Waals surface area contributed by atoms with Crippen LogP contribution >= 0.6 is 0 Å². The van der Waals surface area contributed by atoms with Crippen LogP contribution in [0.1, 0.15) is 22.3 Å². The zero-order valence-electron chi connectivity index (χ0n) is 21.2. The summed E-state index contributed by atoms with van der Waals surface area (Å²) in [4.78, 5) is 22.7.